The number of benzene rings is 1. The third-order valence-corrected chi connectivity index (χ3v) is 2.47. The van der Waals surface area contributed by atoms with Crippen LogP contribution in [0, 0.1) is 5.92 Å². The van der Waals surface area contributed by atoms with Crippen molar-refractivity contribution in [3.05, 3.63) is 42.0 Å². The summed E-state index contributed by atoms with van der Waals surface area (Å²) in [6.45, 7) is 1.98. The van der Waals surface area contributed by atoms with E-state index in [0.29, 0.717) is 0 Å². The fourth-order valence-corrected chi connectivity index (χ4v) is 1.66. The number of hydrogen-bond donors (Lipinski definition) is 0. The minimum absolute atomic E-state index is 0.176. The van der Waals surface area contributed by atoms with Gasteiger partial charge in [0, 0.05) is 5.92 Å². The molecule has 0 heterocycles. The van der Waals surface area contributed by atoms with Crippen molar-refractivity contribution in [3.63, 3.8) is 0 Å². The second kappa shape index (κ2) is 3.17. The average molecular weight is 172 g/mol. The van der Waals surface area contributed by atoms with Gasteiger partial charge in [0.05, 0.1) is 0 Å². The summed E-state index contributed by atoms with van der Waals surface area (Å²) in [5.74, 6) is 0.439. The highest BCUT2D eigenvalue weighted by molar-refractivity contribution is 6.03. The van der Waals surface area contributed by atoms with Crippen LogP contribution in [0.25, 0.3) is 5.57 Å². The summed E-state index contributed by atoms with van der Waals surface area (Å²) in [7, 11) is 0. The number of carbonyl (C=O) groups excluding carboxylic acids is 1. The lowest BCUT2D eigenvalue weighted by atomic mass is 10.0. The molecule has 1 heteroatoms. The van der Waals surface area contributed by atoms with Gasteiger partial charge in [-0.2, -0.15) is 0 Å². The minimum atomic E-state index is 0.176. The van der Waals surface area contributed by atoms with Crippen LogP contribution in [-0.2, 0) is 4.79 Å². The average Bonchev–Trinajstić information content (AvgIpc) is 2.49. The predicted octanol–water partition coefficient (Wildman–Crippen LogP) is 2.68. The molecule has 1 aromatic rings. The normalized spacial score (nSPS) is 21.8. The van der Waals surface area contributed by atoms with Crippen LogP contribution in [-0.4, -0.2) is 5.78 Å². The second-order valence-corrected chi connectivity index (χ2v) is 3.54. The molecule has 0 aliphatic heterocycles. The molecular formula is C12H12O. The van der Waals surface area contributed by atoms with E-state index in [-0.39, 0.29) is 11.7 Å². The minimum Gasteiger partial charge on any atom is -0.295 e. The SMILES string of the molecule is C[C@H]1CC(c2ccccc2)=CC1=O. The topological polar surface area (TPSA) is 17.1 Å². The molecule has 66 valence electrons. The molecule has 2 rings (SSSR count). The van der Waals surface area contributed by atoms with Gasteiger partial charge in [-0.3, -0.25) is 4.79 Å². The van der Waals surface area contributed by atoms with Gasteiger partial charge in [-0.15, -0.1) is 0 Å². The van der Waals surface area contributed by atoms with E-state index in [2.05, 4.69) is 12.1 Å². The fraction of sp³-hybridized carbons (Fsp3) is 0.250. The molecule has 0 saturated carbocycles. The van der Waals surface area contributed by atoms with Gasteiger partial charge in [-0.25, -0.2) is 0 Å². The number of hydrogen-bond acceptors (Lipinski definition) is 1. The highest BCUT2D eigenvalue weighted by Crippen LogP contribution is 2.29. The first kappa shape index (κ1) is 8.24. The molecule has 1 aliphatic rings. The van der Waals surface area contributed by atoms with Crippen molar-refractivity contribution in [2.75, 3.05) is 0 Å². The van der Waals surface area contributed by atoms with Gasteiger partial charge in [-0.1, -0.05) is 37.3 Å². The van der Waals surface area contributed by atoms with Gasteiger partial charge >= 0.3 is 0 Å². The van der Waals surface area contributed by atoms with E-state index in [0.717, 1.165) is 6.42 Å². The maximum atomic E-state index is 11.3. The van der Waals surface area contributed by atoms with Gasteiger partial charge in [0.2, 0.25) is 0 Å². The standard InChI is InChI=1S/C12H12O/c1-9-7-11(8-12(9)13)10-5-3-2-4-6-10/h2-6,8-9H,7H2,1H3/t9-/m0/s1. The van der Waals surface area contributed by atoms with Crippen molar-refractivity contribution < 1.29 is 4.79 Å². The predicted molar refractivity (Wildman–Crippen MR) is 53.2 cm³/mol. The Hall–Kier alpha value is -1.37. The molecule has 0 aromatic heterocycles. The Labute approximate surface area is 78.1 Å². The first-order valence-electron chi connectivity index (χ1n) is 4.57. The second-order valence-electron chi connectivity index (χ2n) is 3.54. The van der Waals surface area contributed by atoms with Crippen molar-refractivity contribution >= 4 is 11.4 Å². The zero-order chi connectivity index (χ0) is 9.26. The maximum Gasteiger partial charge on any atom is 0.159 e. The highest BCUT2D eigenvalue weighted by atomic mass is 16.1. The van der Waals surface area contributed by atoms with Gasteiger partial charge < -0.3 is 0 Å². The lowest BCUT2D eigenvalue weighted by Crippen LogP contribution is -1.99. The van der Waals surface area contributed by atoms with E-state index in [4.69, 9.17) is 0 Å². The summed E-state index contributed by atoms with van der Waals surface area (Å²) in [6.07, 6.45) is 2.67. The summed E-state index contributed by atoms with van der Waals surface area (Å²) in [5, 5.41) is 0. The molecule has 0 spiro atoms. The van der Waals surface area contributed by atoms with Crippen LogP contribution >= 0.6 is 0 Å². The number of allylic oxidation sites excluding steroid dienone is 2. The molecule has 1 atom stereocenters. The van der Waals surface area contributed by atoms with Crippen LogP contribution < -0.4 is 0 Å². The fourth-order valence-electron chi connectivity index (χ4n) is 1.66. The monoisotopic (exact) mass is 172 g/mol. The molecule has 0 saturated heterocycles. The first-order chi connectivity index (χ1) is 6.27. The molecule has 1 aromatic carbocycles. The Balaban J connectivity index is 2.30. The van der Waals surface area contributed by atoms with Crippen LogP contribution in [0.4, 0.5) is 0 Å². The molecule has 1 aliphatic carbocycles. The van der Waals surface area contributed by atoms with Crippen LogP contribution in [0.1, 0.15) is 18.9 Å². The van der Waals surface area contributed by atoms with Crippen molar-refractivity contribution in [1.29, 1.82) is 0 Å². The summed E-state index contributed by atoms with van der Waals surface area (Å²) in [5.41, 5.74) is 2.36. The quantitative estimate of drug-likeness (QED) is 0.636. The van der Waals surface area contributed by atoms with E-state index in [1.54, 1.807) is 6.08 Å². The molecule has 0 fully saturated rings. The maximum absolute atomic E-state index is 11.3. The van der Waals surface area contributed by atoms with Crippen molar-refractivity contribution in [1.82, 2.24) is 0 Å². The zero-order valence-corrected chi connectivity index (χ0v) is 7.66. The Bertz CT molecular complexity index is 349. The molecular weight excluding hydrogens is 160 g/mol. The first-order valence-corrected chi connectivity index (χ1v) is 4.57. The molecule has 13 heavy (non-hydrogen) atoms. The van der Waals surface area contributed by atoms with Crippen molar-refractivity contribution in [2.45, 2.75) is 13.3 Å². The number of carbonyl (C=O) groups is 1. The van der Waals surface area contributed by atoms with E-state index in [9.17, 15) is 4.79 Å². The number of rotatable bonds is 1. The van der Waals surface area contributed by atoms with Gasteiger partial charge in [0.15, 0.2) is 5.78 Å². The van der Waals surface area contributed by atoms with Gasteiger partial charge in [0.1, 0.15) is 0 Å². The van der Waals surface area contributed by atoms with Crippen molar-refractivity contribution in [2.24, 2.45) is 5.92 Å². The Morgan fingerprint density at radius 1 is 1.23 bits per heavy atom. The highest BCUT2D eigenvalue weighted by Gasteiger charge is 2.21. The summed E-state index contributed by atoms with van der Waals surface area (Å²) >= 11 is 0. The molecule has 0 amide bonds. The molecule has 0 unspecified atom stereocenters. The zero-order valence-electron chi connectivity index (χ0n) is 7.66. The van der Waals surface area contributed by atoms with Crippen LogP contribution in [0.3, 0.4) is 0 Å². The number of ketones is 1. The summed E-state index contributed by atoms with van der Waals surface area (Å²) in [6, 6.07) is 10.1. The Morgan fingerprint density at radius 3 is 2.46 bits per heavy atom. The lowest BCUT2D eigenvalue weighted by molar-refractivity contribution is -0.116. The summed E-state index contributed by atoms with van der Waals surface area (Å²) in [4.78, 5) is 11.3. The van der Waals surface area contributed by atoms with Crippen molar-refractivity contribution in [3.8, 4) is 0 Å². The van der Waals surface area contributed by atoms with Crippen LogP contribution in [0.5, 0.6) is 0 Å². The van der Waals surface area contributed by atoms with E-state index < -0.39 is 0 Å². The summed E-state index contributed by atoms with van der Waals surface area (Å²) < 4.78 is 0. The van der Waals surface area contributed by atoms with Gasteiger partial charge in [-0.05, 0) is 23.6 Å². The van der Waals surface area contributed by atoms with E-state index in [1.807, 2.05) is 25.1 Å². The van der Waals surface area contributed by atoms with Gasteiger partial charge in [0.25, 0.3) is 0 Å². The smallest absolute Gasteiger partial charge is 0.159 e. The molecule has 1 nitrogen and oxygen atoms in total. The molecule has 0 bridgehead atoms. The lowest BCUT2D eigenvalue weighted by Gasteiger charge is -2.01. The largest absolute Gasteiger partial charge is 0.295 e. The van der Waals surface area contributed by atoms with E-state index >= 15 is 0 Å². The van der Waals surface area contributed by atoms with Crippen LogP contribution in [0.2, 0.25) is 0 Å². The molecule has 0 radical (unpaired) electrons. The Kier molecular flexibility index (Phi) is 2.01. The van der Waals surface area contributed by atoms with Crippen LogP contribution in [0.15, 0.2) is 36.4 Å². The Morgan fingerprint density at radius 2 is 1.92 bits per heavy atom. The van der Waals surface area contributed by atoms with E-state index in [1.165, 1.54) is 11.1 Å². The third kappa shape index (κ3) is 1.55. The molecule has 0 N–H and O–H groups in total. The third-order valence-electron chi connectivity index (χ3n) is 2.47.